The van der Waals surface area contributed by atoms with E-state index in [2.05, 4.69) is 6.58 Å². The second kappa shape index (κ2) is 4.37. The fraction of sp³-hybridized carbons (Fsp3) is 0.467. The number of hydrogen-bond donors (Lipinski definition) is 0. The summed E-state index contributed by atoms with van der Waals surface area (Å²) in [5.74, 6) is 0. The summed E-state index contributed by atoms with van der Waals surface area (Å²) in [6.45, 7) is 7.09. The average Bonchev–Trinajstić information content (AvgIpc) is 3.08. The number of halogens is 3. The monoisotopic (exact) mass is 270 g/mol. The van der Waals surface area contributed by atoms with Crippen LogP contribution in [0.4, 0.5) is 13.2 Å². The summed E-state index contributed by atoms with van der Waals surface area (Å²) >= 11 is 0. The Kier molecular flexibility index (Phi) is 3.25. The molecule has 1 fully saturated rings. The third-order valence-electron chi connectivity index (χ3n) is 3.65. The maximum Gasteiger partial charge on any atom is 0.419 e. The van der Waals surface area contributed by atoms with Crippen LogP contribution in [0.5, 0.6) is 0 Å². The largest absolute Gasteiger partial charge is 0.419 e. The summed E-state index contributed by atoms with van der Waals surface area (Å²) in [4.78, 5) is 0. The van der Waals surface area contributed by atoms with Gasteiger partial charge in [-0.15, -0.1) is 0 Å². The second-order valence-corrected chi connectivity index (χ2v) is 5.63. The molecule has 0 saturated carbocycles. The summed E-state index contributed by atoms with van der Waals surface area (Å²) < 4.78 is 43.7. The normalized spacial score (nSPS) is 23.2. The van der Waals surface area contributed by atoms with E-state index in [0.717, 1.165) is 11.1 Å². The SMILES string of the molecule is C=Cc1ccccc1C(C)(C)CC1(C(F)(F)F)CO1. The van der Waals surface area contributed by atoms with E-state index in [4.69, 9.17) is 4.74 Å². The fourth-order valence-electron chi connectivity index (χ4n) is 2.55. The number of rotatable bonds is 4. The maximum absolute atomic E-state index is 13.0. The molecular weight excluding hydrogens is 253 g/mol. The van der Waals surface area contributed by atoms with Gasteiger partial charge in [0.05, 0.1) is 6.61 Å². The molecule has 0 bridgehead atoms. The van der Waals surface area contributed by atoms with Gasteiger partial charge in [-0.3, -0.25) is 0 Å². The van der Waals surface area contributed by atoms with Crippen molar-refractivity contribution in [1.29, 1.82) is 0 Å². The molecule has 1 saturated heterocycles. The lowest BCUT2D eigenvalue weighted by Crippen LogP contribution is -2.39. The van der Waals surface area contributed by atoms with Crippen molar-refractivity contribution >= 4 is 6.08 Å². The third-order valence-corrected chi connectivity index (χ3v) is 3.65. The van der Waals surface area contributed by atoms with Crippen LogP contribution in [0.25, 0.3) is 6.08 Å². The van der Waals surface area contributed by atoms with Crippen molar-refractivity contribution in [2.24, 2.45) is 0 Å². The van der Waals surface area contributed by atoms with E-state index in [1.807, 2.05) is 38.1 Å². The summed E-state index contributed by atoms with van der Waals surface area (Å²) in [5, 5.41) is 0. The Bertz CT molecular complexity index is 484. The van der Waals surface area contributed by atoms with Crippen LogP contribution in [0.2, 0.25) is 0 Å². The highest BCUT2D eigenvalue weighted by molar-refractivity contribution is 5.54. The van der Waals surface area contributed by atoms with Crippen molar-refractivity contribution in [1.82, 2.24) is 0 Å². The number of benzene rings is 1. The number of alkyl halides is 3. The lowest BCUT2D eigenvalue weighted by Gasteiger charge is -2.31. The molecule has 0 N–H and O–H groups in total. The molecule has 1 aromatic rings. The van der Waals surface area contributed by atoms with Gasteiger partial charge >= 0.3 is 6.18 Å². The van der Waals surface area contributed by atoms with Gasteiger partial charge in [0.25, 0.3) is 0 Å². The van der Waals surface area contributed by atoms with Crippen LogP contribution in [0.15, 0.2) is 30.8 Å². The second-order valence-electron chi connectivity index (χ2n) is 5.63. The highest BCUT2D eigenvalue weighted by atomic mass is 19.4. The third kappa shape index (κ3) is 2.54. The van der Waals surface area contributed by atoms with Crippen molar-refractivity contribution in [2.75, 3.05) is 6.61 Å². The Labute approximate surface area is 111 Å². The molecule has 1 aliphatic rings. The van der Waals surface area contributed by atoms with Crippen LogP contribution >= 0.6 is 0 Å². The molecule has 4 heteroatoms. The van der Waals surface area contributed by atoms with Crippen LogP contribution in [0.3, 0.4) is 0 Å². The first kappa shape index (κ1) is 14.1. The predicted octanol–water partition coefficient (Wildman–Crippen LogP) is 4.33. The predicted molar refractivity (Wildman–Crippen MR) is 68.9 cm³/mol. The standard InChI is InChI=1S/C15H17F3O/c1-4-11-7-5-6-8-12(11)13(2,3)9-14(10-19-14)15(16,17)18/h4-8H,1,9-10H2,2-3H3. The van der Waals surface area contributed by atoms with Crippen molar-refractivity contribution in [3.8, 4) is 0 Å². The number of epoxide rings is 1. The van der Waals surface area contributed by atoms with Crippen molar-refractivity contribution in [2.45, 2.75) is 37.5 Å². The maximum atomic E-state index is 13.0. The van der Waals surface area contributed by atoms with Gasteiger partial charge in [0, 0.05) is 0 Å². The van der Waals surface area contributed by atoms with Gasteiger partial charge in [-0.1, -0.05) is 50.8 Å². The molecule has 1 aromatic carbocycles. The molecule has 2 rings (SSSR count). The van der Waals surface area contributed by atoms with Gasteiger partial charge in [-0.25, -0.2) is 0 Å². The van der Waals surface area contributed by atoms with Crippen LogP contribution in [-0.2, 0) is 10.2 Å². The minimum absolute atomic E-state index is 0.0750. The van der Waals surface area contributed by atoms with Crippen molar-refractivity contribution < 1.29 is 17.9 Å². The van der Waals surface area contributed by atoms with Crippen LogP contribution < -0.4 is 0 Å². The lowest BCUT2D eigenvalue weighted by molar-refractivity contribution is -0.188. The van der Waals surface area contributed by atoms with E-state index in [0.29, 0.717) is 0 Å². The minimum atomic E-state index is -4.31. The molecule has 19 heavy (non-hydrogen) atoms. The summed E-state index contributed by atoms with van der Waals surface area (Å²) in [7, 11) is 0. The average molecular weight is 270 g/mol. The Morgan fingerprint density at radius 2 is 1.89 bits per heavy atom. The highest BCUT2D eigenvalue weighted by Gasteiger charge is 2.67. The van der Waals surface area contributed by atoms with Gasteiger partial charge in [0.15, 0.2) is 5.60 Å². The molecule has 1 atom stereocenters. The first-order valence-electron chi connectivity index (χ1n) is 6.14. The van der Waals surface area contributed by atoms with Gasteiger partial charge in [-0.05, 0) is 23.0 Å². The molecule has 0 spiro atoms. The smallest absolute Gasteiger partial charge is 0.360 e. The fourth-order valence-corrected chi connectivity index (χ4v) is 2.55. The van der Waals surface area contributed by atoms with Crippen LogP contribution in [0.1, 0.15) is 31.4 Å². The first-order chi connectivity index (χ1) is 8.72. The molecule has 1 unspecified atom stereocenters. The number of hydrogen-bond acceptors (Lipinski definition) is 1. The Balaban J connectivity index is 2.31. The summed E-state index contributed by atoms with van der Waals surface area (Å²) in [6.07, 6.45) is -2.72. The molecular formula is C15H17F3O. The van der Waals surface area contributed by atoms with Crippen LogP contribution in [0, 0.1) is 0 Å². The van der Waals surface area contributed by atoms with E-state index < -0.39 is 17.2 Å². The number of ether oxygens (including phenoxy) is 1. The topological polar surface area (TPSA) is 12.5 Å². The highest BCUT2D eigenvalue weighted by Crippen LogP contribution is 2.51. The van der Waals surface area contributed by atoms with Gasteiger partial charge in [0.1, 0.15) is 0 Å². The van der Waals surface area contributed by atoms with E-state index in [1.165, 1.54) is 0 Å². The zero-order valence-corrected chi connectivity index (χ0v) is 11.1. The Hall–Kier alpha value is -1.29. The summed E-state index contributed by atoms with van der Waals surface area (Å²) in [6, 6.07) is 7.39. The molecule has 1 heterocycles. The molecule has 1 nitrogen and oxygen atoms in total. The lowest BCUT2D eigenvalue weighted by atomic mass is 9.75. The molecule has 0 radical (unpaired) electrons. The van der Waals surface area contributed by atoms with E-state index in [-0.39, 0.29) is 13.0 Å². The van der Waals surface area contributed by atoms with E-state index in [1.54, 1.807) is 6.08 Å². The van der Waals surface area contributed by atoms with Crippen molar-refractivity contribution in [3.63, 3.8) is 0 Å². The van der Waals surface area contributed by atoms with E-state index in [9.17, 15) is 13.2 Å². The van der Waals surface area contributed by atoms with Crippen molar-refractivity contribution in [3.05, 3.63) is 42.0 Å². The molecule has 0 aromatic heterocycles. The zero-order chi connectivity index (χ0) is 14.3. The summed E-state index contributed by atoms with van der Waals surface area (Å²) in [5.41, 5.74) is -0.865. The molecule has 104 valence electrons. The van der Waals surface area contributed by atoms with Gasteiger partial charge < -0.3 is 4.74 Å². The Morgan fingerprint density at radius 3 is 2.37 bits per heavy atom. The van der Waals surface area contributed by atoms with Gasteiger partial charge in [-0.2, -0.15) is 13.2 Å². The Morgan fingerprint density at radius 1 is 1.32 bits per heavy atom. The van der Waals surface area contributed by atoms with Crippen LogP contribution in [-0.4, -0.2) is 18.4 Å². The quantitative estimate of drug-likeness (QED) is 0.742. The molecule has 1 aliphatic heterocycles. The van der Waals surface area contributed by atoms with E-state index >= 15 is 0 Å². The zero-order valence-electron chi connectivity index (χ0n) is 11.1. The minimum Gasteiger partial charge on any atom is -0.360 e. The molecule has 0 amide bonds. The first-order valence-corrected chi connectivity index (χ1v) is 6.14. The molecule has 0 aliphatic carbocycles. The van der Waals surface area contributed by atoms with Gasteiger partial charge in [0.2, 0.25) is 0 Å².